The minimum absolute atomic E-state index is 0.395. The first kappa shape index (κ1) is 11.0. The lowest BCUT2D eigenvalue weighted by atomic mass is 10.0. The van der Waals surface area contributed by atoms with Crippen LogP contribution in [0, 0.1) is 0 Å². The zero-order valence-electron chi connectivity index (χ0n) is 10.1. The van der Waals surface area contributed by atoms with E-state index in [2.05, 4.69) is 4.98 Å². The molecule has 0 atom stereocenters. The molecule has 0 saturated carbocycles. The first-order valence-electron chi connectivity index (χ1n) is 5.94. The van der Waals surface area contributed by atoms with Crippen molar-refractivity contribution in [3.05, 3.63) is 35.0 Å². The van der Waals surface area contributed by atoms with Crippen molar-refractivity contribution in [2.24, 2.45) is 0 Å². The number of aromatic carboxylic acids is 1. The highest BCUT2D eigenvalue weighted by atomic mass is 16.5. The summed E-state index contributed by atoms with van der Waals surface area (Å²) < 4.78 is 5.27. The summed E-state index contributed by atoms with van der Waals surface area (Å²) in [6, 6.07) is 5.41. The summed E-state index contributed by atoms with van der Waals surface area (Å²) in [6.45, 7) is 0. The first-order valence-corrected chi connectivity index (χ1v) is 5.94. The van der Waals surface area contributed by atoms with Gasteiger partial charge in [-0.05, 0) is 30.9 Å². The summed E-state index contributed by atoms with van der Waals surface area (Å²) in [5.74, 6) is -0.251. The van der Waals surface area contributed by atoms with E-state index >= 15 is 0 Å². The molecule has 1 N–H and O–H groups in total. The third kappa shape index (κ3) is 1.45. The molecule has 0 unspecified atom stereocenters. The van der Waals surface area contributed by atoms with Gasteiger partial charge < -0.3 is 9.84 Å². The van der Waals surface area contributed by atoms with E-state index in [4.69, 9.17) is 4.74 Å². The number of pyridine rings is 1. The van der Waals surface area contributed by atoms with E-state index < -0.39 is 5.97 Å². The number of ether oxygens (including phenoxy) is 1. The van der Waals surface area contributed by atoms with E-state index in [0.29, 0.717) is 22.2 Å². The van der Waals surface area contributed by atoms with Crippen LogP contribution >= 0.6 is 0 Å². The molecule has 0 amide bonds. The van der Waals surface area contributed by atoms with E-state index in [1.165, 1.54) is 0 Å². The number of aryl methyl sites for hydroxylation is 1. The third-order valence-electron chi connectivity index (χ3n) is 3.44. The van der Waals surface area contributed by atoms with Crippen molar-refractivity contribution in [2.45, 2.75) is 19.3 Å². The van der Waals surface area contributed by atoms with Gasteiger partial charge in [0, 0.05) is 11.1 Å². The van der Waals surface area contributed by atoms with Crippen LogP contribution in [0.15, 0.2) is 18.2 Å². The number of carboxylic acid groups (broad SMARTS) is 1. The quantitative estimate of drug-likeness (QED) is 0.880. The fourth-order valence-electron chi connectivity index (χ4n) is 2.67. The minimum atomic E-state index is -0.881. The zero-order valence-corrected chi connectivity index (χ0v) is 10.1. The van der Waals surface area contributed by atoms with Crippen LogP contribution in [0.1, 0.15) is 28.0 Å². The second-order valence-electron chi connectivity index (χ2n) is 4.43. The monoisotopic (exact) mass is 243 g/mol. The average Bonchev–Trinajstić information content (AvgIpc) is 2.82. The predicted octanol–water partition coefficient (Wildman–Crippen LogP) is 2.43. The molecule has 4 nitrogen and oxygen atoms in total. The molecule has 0 saturated heterocycles. The first-order chi connectivity index (χ1) is 8.72. The van der Waals surface area contributed by atoms with Crippen molar-refractivity contribution in [3.8, 4) is 5.75 Å². The molecule has 1 aliphatic carbocycles. The van der Waals surface area contributed by atoms with Crippen LogP contribution in [0.4, 0.5) is 0 Å². The van der Waals surface area contributed by atoms with Crippen molar-refractivity contribution >= 4 is 16.9 Å². The standard InChI is InChI=1S/C14H13NO3/c1-18-11-7-3-5-9-12(14(16)17)8-4-2-6-10(8)15-13(9)11/h3,5,7H,2,4,6H2,1H3,(H,16,17). The lowest BCUT2D eigenvalue weighted by Gasteiger charge is -2.11. The number of carbonyl (C=O) groups is 1. The number of para-hydroxylation sites is 1. The largest absolute Gasteiger partial charge is 0.494 e. The predicted molar refractivity (Wildman–Crippen MR) is 67.3 cm³/mol. The van der Waals surface area contributed by atoms with E-state index in [-0.39, 0.29) is 0 Å². The Morgan fingerprint density at radius 3 is 2.94 bits per heavy atom. The molecule has 0 spiro atoms. The number of hydrogen-bond donors (Lipinski definition) is 1. The number of rotatable bonds is 2. The second-order valence-corrected chi connectivity index (χ2v) is 4.43. The summed E-state index contributed by atoms with van der Waals surface area (Å²) in [5.41, 5.74) is 2.84. The van der Waals surface area contributed by atoms with Gasteiger partial charge in [0.15, 0.2) is 0 Å². The smallest absolute Gasteiger partial charge is 0.336 e. The normalized spacial score (nSPS) is 13.6. The molecular formula is C14H13NO3. The van der Waals surface area contributed by atoms with Crippen molar-refractivity contribution in [1.82, 2.24) is 4.98 Å². The fourth-order valence-corrected chi connectivity index (χ4v) is 2.67. The minimum Gasteiger partial charge on any atom is -0.494 e. The van der Waals surface area contributed by atoms with Crippen LogP contribution in [0.25, 0.3) is 10.9 Å². The van der Waals surface area contributed by atoms with Crippen LogP contribution in [-0.4, -0.2) is 23.2 Å². The molecule has 92 valence electrons. The highest BCUT2D eigenvalue weighted by molar-refractivity contribution is 6.05. The van der Waals surface area contributed by atoms with E-state index in [0.717, 1.165) is 30.5 Å². The third-order valence-corrected chi connectivity index (χ3v) is 3.44. The Labute approximate surface area is 104 Å². The molecule has 0 aliphatic heterocycles. The molecule has 4 heteroatoms. The van der Waals surface area contributed by atoms with Crippen molar-refractivity contribution in [1.29, 1.82) is 0 Å². The number of aromatic nitrogens is 1. The molecule has 1 aliphatic rings. The molecule has 2 aromatic rings. The Bertz CT molecular complexity index is 649. The summed E-state index contributed by atoms with van der Waals surface area (Å²) in [7, 11) is 1.57. The molecule has 18 heavy (non-hydrogen) atoms. The van der Waals surface area contributed by atoms with Crippen molar-refractivity contribution in [3.63, 3.8) is 0 Å². The highest BCUT2D eigenvalue weighted by Gasteiger charge is 2.24. The van der Waals surface area contributed by atoms with Crippen LogP contribution < -0.4 is 4.74 Å². The number of hydrogen-bond acceptors (Lipinski definition) is 3. The van der Waals surface area contributed by atoms with Gasteiger partial charge in [-0.15, -0.1) is 0 Å². The van der Waals surface area contributed by atoms with Gasteiger partial charge in [-0.1, -0.05) is 12.1 Å². The van der Waals surface area contributed by atoms with Crippen LogP contribution in [0.2, 0.25) is 0 Å². The Kier molecular flexibility index (Phi) is 2.44. The van der Waals surface area contributed by atoms with Crippen molar-refractivity contribution in [2.75, 3.05) is 7.11 Å². The molecule has 3 rings (SSSR count). The zero-order chi connectivity index (χ0) is 12.7. The molecule has 0 bridgehead atoms. The Morgan fingerprint density at radius 2 is 2.22 bits per heavy atom. The lowest BCUT2D eigenvalue weighted by molar-refractivity contribution is 0.0698. The number of methoxy groups -OCH3 is 1. The summed E-state index contributed by atoms with van der Waals surface area (Å²) in [5, 5.41) is 10.1. The molecule has 1 heterocycles. The van der Waals surface area contributed by atoms with Crippen LogP contribution in [0.3, 0.4) is 0 Å². The number of nitrogens with zero attached hydrogens (tertiary/aromatic N) is 1. The maximum Gasteiger partial charge on any atom is 0.336 e. The topological polar surface area (TPSA) is 59.4 Å². The van der Waals surface area contributed by atoms with Gasteiger partial charge >= 0.3 is 5.97 Å². The van der Waals surface area contributed by atoms with Gasteiger partial charge in [-0.3, -0.25) is 0 Å². The van der Waals surface area contributed by atoms with Gasteiger partial charge in [0.1, 0.15) is 11.3 Å². The fraction of sp³-hybridized carbons (Fsp3) is 0.286. The van der Waals surface area contributed by atoms with Crippen LogP contribution in [-0.2, 0) is 12.8 Å². The van der Waals surface area contributed by atoms with E-state index in [1.54, 1.807) is 19.2 Å². The Hall–Kier alpha value is -2.10. The molecule has 1 aromatic heterocycles. The lowest BCUT2D eigenvalue weighted by Crippen LogP contribution is -2.06. The highest BCUT2D eigenvalue weighted by Crippen LogP contribution is 2.33. The van der Waals surface area contributed by atoms with E-state index in [1.807, 2.05) is 6.07 Å². The van der Waals surface area contributed by atoms with E-state index in [9.17, 15) is 9.90 Å². The molecular weight excluding hydrogens is 230 g/mol. The number of fused-ring (bicyclic) bond motifs is 2. The summed E-state index contributed by atoms with van der Waals surface area (Å²) in [6.07, 6.45) is 2.63. The van der Waals surface area contributed by atoms with Gasteiger partial charge in [0.25, 0.3) is 0 Å². The van der Waals surface area contributed by atoms with Crippen molar-refractivity contribution < 1.29 is 14.6 Å². The Morgan fingerprint density at radius 1 is 1.39 bits per heavy atom. The summed E-state index contributed by atoms with van der Waals surface area (Å²) in [4.78, 5) is 16.1. The number of benzene rings is 1. The maximum absolute atomic E-state index is 11.5. The number of carboxylic acids is 1. The summed E-state index contributed by atoms with van der Waals surface area (Å²) >= 11 is 0. The molecule has 0 fully saturated rings. The average molecular weight is 243 g/mol. The van der Waals surface area contributed by atoms with Gasteiger partial charge in [0.2, 0.25) is 0 Å². The van der Waals surface area contributed by atoms with Gasteiger partial charge in [0.05, 0.1) is 12.7 Å². The molecule has 0 radical (unpaired) electrons. The van der Waals surface area contributed by atoms with Gasteiger partial charge in [-0.25, -0.2) is 9.78 Å². The van der Waals surface area contributed by atoms with Crippen LogP contribution in [0.5, 0.6) is 5.75 Å². The maximum atomic E-state index is 11.5. The second kappa shape index (κ2) is 3.98. The SMILES string of the molecule is COc1cccc2c(C(=O)O)c3c(nc12)CCC3. The molecule has 1 aromatic carbocycles. The Balaban J connectivity index is 2.45. The van der Waals surface area contributed by atoms with Gasteiger partial charge in [-0.2, -0.15) is 0 Å².